The summed E-state index contributed by atoms with van der Waals surface area (Å²) in [4.78, 5) is 13.4. The smallest absolute Gasteiger partial charge is 0.326 e. The number of carbonyl (C=O) groups excluding carboxylic acids is 1. The topological polar surface area (TPSA) is 63.7 Å². The van der Waals surface area contributed by atoms with Crippen molar-refractivity contribution in [3.63, 3.8) is 0 Å². The highest BCUT2D eigenvalue weighted by atomic mass is 32.2. The minimum atomic E-state index is -3.43. The van der Waals surface area contributed by atoms with Gasteiger partial charge in [-0.2, -0.15) is 0 Å². The number of ether oxygens (including phenoxy) is 1. The first-order valence-electron chi connectivity index (χ1n) is 5.24. The van der Waals surface area contributed by atoms with Gasteiger partial charge < -0.3 is 9.64 Å². The van der Waals surface area contributed by atoms with Gasteiger partial charge in [0.05, 0.1) is 17.4 Å². The highest BCUT2D eigenvalue weighted by molar-refractivity contribution is 7.95. The second-order valence-electron chi connectivity index (χ2n) is 4.73. The summed E-state index contributed by atoms with van der Waals surface area (Å²) in [7, 11) is 0.110. The molecule has 6 heteroatoms. The van der Waals surface area contributed by atoms with Crippen LogP contribution in [-0.4, -0.2) is 56.0 Å². The van der Waals surface area contributed by atoms with Gasteiger partial charge in [0.1, 0.15) is 0 Å². The van der Waals surface area contributed by atoms with Crippen molar-refractivity contribution >= 4 is 15.8 Å². The van der Waals surface area contributed by atoms with Crippen molar-refractivity contribution in [2.45, 2.75) is 36.8 Å². The molecule has 16 heavy (non-hydrogen) atoms. The van der Waals surface area contributed by atoms with Gasteiger partial charge in [-0.25, -0.2) is 8.42 Å². The molecule has 0 aromatic carbocycles. The average molecular weight is 249 g/mol. The quantitative estimate of drug-likeness (QED) is 0.662. The first-order chi connectivity index (χ1) is 7.17. The largest absolute Gasteiger partial charge is 0.465 e. The zero-order valence-corrected chi connectivity index (χ0v) is 11.2. The van der Waals surface area contributed by atoms with Gasteiger partial charge in [-0.15, -0.1) is 0 Å². The van der Waals surface area contributed by atoms with E-state index in [1.165, 1.54) is 0 Å². The van der Waals surface area contributed by atoms with E-state index in [0.717, 1.165) is 0 Å². The van der Waals surface area contributed by atoms with Crippen molar-refractivity contribution in [1.82, 2.24) is 4.90 Å². The number of rotatable bonds is 3. The summed E-state index contributed by atoms with van der Waals surface area (Å²) in [5.74, 6) is -0.638. The molecule has 0 bridgehead atoms. The number of hydrogen-bond donors (Lipinski definition) is 0. The van der Waals surface area contributed by atoms with Crippen LogP contribution in [0.25, 0.3) is 0 Å². The van der Waals surface area contributed by atoms with Gasteiger partial charge in [-0.3, -0.25) is 4.79 Å². The Morgan fingerprint density at radius 1 is 1.38 bits per heavy atom. The highest BCUT2D eigenvalue weighted by Crippen LogP contribution is 2.43. The van der Waals surface area contributed by atoms with E-state index >= 15 is 0 Å². The zero-order chi connectivity index (χ0) is 12.7. The number of esters is 1. The molecular formula is C10H19NO4S. The molecular weight excluding hydrogens is 230 g/mol. The van der Waals surface area contributed by atoms with E-state index in [9.17, 15) is 13.2 Å². The SMILES string of the molecule is CCOC(=O)[C@@H]1[C@@H](N(C)C)C(C)(C)S1(=O)=O. The van der Waals surface area contributed by atoms with Gasteiger partial charge in [0.25, 0.3) is 0 Å². The maximum Gasteiger partial charge on any atom is 0.326 e. The van der Waals surface area contributed by atoms with E-state index in [-0.39, 0.29) is 12.6 Å². The zero-order valence-electron chi connectivity index (χ0n) is 10.4. The molecule has 1 heterocycles. The van der Waals surface area contributed by atoms with Crippen molar-refractivity contribution in [3.05, 3.63) is 0 Å². The first-order valence-corrected chi connectivity index (χ1v) is 6.79. The van der Waals surface area contributed by atoms with Crippen molar-refractivity contribution in [2.75, 3.05) is 20.7 Å². The molecule has 1 saturated heterocycles. The van der Waals surface area contributed by atoms with Crippen molar-refractivity contribution < 1.29 is 17.9 Å². The van der Waals surface area contributed by atoms with Gasteiger partial charge in [-0.05, 0) is 34.9 Å². The normalized spacial score (nSPS) is 30.9. The molecule has 0 aromatic heterocycles. The van der Waals surface area contributed by atoms with Crippen molar-refractivity contribution in [2.24, 2.45) is 0 Å². The molecule has 0 aliphatic carbocycles. The Kier molecular flexibility index (Phi) is 3.36. The van der Waals surface area contributed by atoms with Crippen molar-refractivity contribution in [3.8, 4) is 0 Å². The standard InChI is InChI=1S/C10H19NO4S/c1-6-15-9(12)7-8(11(4)5)10(2,3)16(7,13)14/h7-8H,6H2,1-5H3/t7-,8+/m0/s1. The fraction of sp³-hybridized carbons (Fsp3) is 0.900. The summed E-state index contributed by atoms with van der Waals surface area (Å²) in [5.41, 5.74) is 0. The molecule has 1 aliphatic heterocycles. The fourth-order valence-corrected chi connectivity index (χ4v) is 4.69. The molecule has 1 fully saturated rings. The van der Waals surface area contributed by atoms with Gasteiger partial charge >= 0.3 is 5.97 Å². The molecule has 1 aliphatic rings. The minimum Gasteiger partial charge on any atom is -0.465 e. The molecule has 2 atom stereocenters. The predicted molar refractivity (Wildman–Crippen MR) is 60.9 cm³/mol. The lowest BCUT2D eigenvalue weighted by atomic mass is 9.96. The average Bonchev–Trinajstić information content (AvgIpc) is 2.12. The van der Waals surface area contributed by atoms with Crippen LogP contribution >= 0.6 is 0 Å². The highest BCUT2D eigenvalue weighted by Gasteiger charge is 2.66. The third-order valence-corrected chi connectivity index (χ3v) is 5.97. The van der Waals surface area contributed by atoms with E-state index in [4.69, 9.17) is 4.74 Å². The minimum absolute atomic E-state index is 0.200. The fourth-order valence-electron chi connectivity index (χ4n) is 2.33. The maximum atomic E-state index is 12.0. The Bertz CT molecular complexity index is 386. The molecule has 0 radical (unpaired) electrons. The lowest BCUT2D eigenvalue weighted by Gasteiger charge is -2.51. The van der Waals surface area contributed by atoms with E-state index in [2.05, 4.69) is 0 Å². The van der Waals surface area contributed by atoms with E-state index in [1.807, 2.05) is 0 Å². The predicted octanol–water partition coefficient (Wildman–Crippen LogP) is 0.0553. The van der Waals surface area contributed by atoms with Crippen LogP contribution in [0.2, 0.25) is 0 Å². The summed E-state index contributed by atoms with van der Waals surface area (Å²) in [5, 5.41) is -1.04. The number of hydrogen-bond acceptors (Lipinski definition) is 5. The second kappa shape index (κ2) is 4.00. The summed E-state index contributed by atoms with van der Waals surface area (Å²) >= 11 is 0. The lowest BCUT2D eigenvalue weighted by molar-refractivity contribution is -0.145. The molecule has 0 spiro atoms. The van der Waals surface area contributed by atoms with Gasteiger partial charge in [0.15, 0.2) is 15.1 Å². The summed E-state index contributed by atoms with van der Waals surface area (Å²) in [6.07, 6.45) is 0. The van der Waals surface area contributed by atoms with Crippen LogP contribution in [0.4, 0.5) is 0 Å². The Morgan fingerprint density at radius 3 is 2.25 bits per heavy atom. The molecule has 0 N–H and O–H groups in total. The Morgan fingerprint density at radius 2 is 1.88 bits per heavy atom. The summed E-state index contributed by atoms with van der Waals surface area (Å²) in [6.45, 7) is 5.15. The van der Waals surface area contributed by atoms with E-state index in [1.54, 1.807) is 39.8 Å². The molecule has 94 valence electrons. The number of nitrogens with zero attached hydrogens (tertiary/aromatic N) is 1. The summed E-state index contributed by atoms with van der Waals surface area (Å²) in [6, 6.07) is -0.323. The van der Waals surface area contributed by atoms with Gasteiger partial charge in [-0.1, -0.05) is 0 Å². The van der Waals surface area contributed by atoms with E-state index < -0.39 is 25.8 Å². The maximum absolute atomic E-state index is 12.0. The number of carbonyl (C=O) groups is 1. The molecule has 0 unspecified atom stereocenters. The molecule has 1 rings (SSSR count). The Labute approximate surface area is 96.7 Å². The molecule has 0 saturated carbocycles. The Balaban J connectivity index is 3.05. The van der Waals surface area contributed by atoms with Crippen LogP contribution in [0.5, 0.6) is 0 Å². The van der Waals surface area contributed by atoms with Crippen LogP contribution in [0.15, 0.2) is 0 Å². The third-order valence-electron chi connectivity index (χ3n) is 3.14. The van der Waals surface area contributed by atoms with Crippen LogP contribution in [-0.2, 0) is 19.4 Å². The first kappa shape index (κ1) is 13.4. The number of sulfone groups is 1. The van der Waals surface area contributed by atoms with Crippen LogP contribution < -0.4 is 0 Å². The van der Waals surface area contributed by atoms with Gasteiger partial charge in [0.2, 0.25) is 0 Å². The van der Waals surface area contributed by atoms with Crippen LogP contribution in [0, 0.1) is 0 Å². The molecule has 5 nitrogen and oxygen atoms in total. The summed E-state index contributed by atoms with van der Waals surface area (Å²) < 4.78 is 27.9. The third kappa shape index (κ3) is 1.64. The molecule has 0 aromatic rings. The Hall–Kier alpha value is -0.620. The van der Waals surface area contributed by atoms with Crippen LogP contribution in [0.3, 0.4) is 0 Å². The lowest BCUT2D eigenvalue weighted by Crippen LogP contribution is -2.73. The van der Waals surface area contributed by atoms with E-state index in [0.29, 0.717) is 0 Å². The molecule has 0 amide bonds. The monoisotopic (exact) mass is 249 g/mol. The second-order valence-corrected chi connectivity index (χ2v) is 7.38. The van der Waals surface area contributed by atoms with Gasteiger partial charge in [0, 0.05) is 0 Å². The van der Waals surface area contributed by atoms with Crippen LogP contribution in [0.1, 0.15) is 20.8 Å². The van der Waals surface area contributed by atoms with Crippen molar-refractivity contribution in [1.29, 1.82) is 0 Å².